The van der Waals surface area contributed by atoms with Gasteiger partial charge in [0.15, 0.2) is 0 Å². The molecule has 1 saturated carbocycles. The third-order valence-electron chi connectivity index (χ3n) is 3.92. The van der Waals surface area contributed by atoms with Gasteiger partial charge in [-0.2, -0.15) is 0 Å². The SMILES string of the molecule is COCCNCC1(Cc2ccccc2F)CCC1. The van der Waals surface area contributed by atoms with Gasteiger partial charge >= 0.3 is 0 Å². The van der Waals surface area contributed by atoms with Gasteiger partial charge in [0.2, 0.25) is 0 Å². The van der Waals surface area contributed by atoms with Crippen LogP contribution in [-0.2, 0) is 11.2 Å². The van der Waals surface area contributed by atoms with Gasteiger partial charge in [0.1, 0.15) is 5.82 Å². The third kappa shape index (κ3) is 3.30. The van der Waals surface area contributed by atoms with Crippen LogP contribution in [0.4, 0.5) is 4.39 Å². The lowest BCUT2D eigenvalue weighted by Gasteiger charge is -2.42. The molecule has 0 spiro atoms. The molecule has 1 aliphatic carbocycles. The molecule has 0 aliphatic heterocycles. The summed E-state index contributed by atoms with van der Waals surface area (Å²) in [5.74, 6) is -0.0688. The van der Waals surface area contributed by atoms with Gasteiger partial charge in [-0.3, -0.25) is 0 Å². The third-order valence-corrected chi connectivity index (χ3v) is 3.92. The highest BCUT2D eigenvalue weighted by Crippen LogP contribution is 2.43. The van der Waals surface area contributed by atoms with E-state index in [9.17, 15) is 4.39 Å². The smallest absolute Gasteiger partial charge is 0.126 e. The van der Waals surface area contributed by atoms with E-state index in [-0.39, 0.29) is 11.2 Å². The van der Waals surface area contributed by atoms with E-state index in [1.165, 1.54) is 19.3 Å². The Morgan fingerprint density at radius 3 is 2.72 bits per heavy atom. The molecule has 0 heterocycles. The molecule has 1 N–H and O–H groups in total. The zero-order chi connectivity index (χ0) is 12.8. The van der Waals surface area contributed by atoms with Gasteiger partial charge in [0.05, 0.1) is 6.61 Å². The van der Waals surface area contributed by atoms with E-state index in [0.717, 1.165) is 31.7 Å². The molecular formula is C15H22FNO. The van der Waals surface area contributed by atoms with Crippen LogP contribution in [0.3, 0.4) is 0 Å². The lowest BCUT2D eigenvalue weighted by molar-refractivity contribution is 0.122. The summed E-state index contributed by atoms with van der Waals surface area (Å²) in [5.41, 5.74) is 1.11. The minimum atomic E-state index is -0.0688. The van der Waals surface area contributed by atoms with Crippen molar-refractivity contribution in [2.45, 2.75) is 25.7 Å². The van der Waals surface area contributed by atoms with Crippen LogP contribution in [0.1, 0.15) is 24.8 Å². The van der Waals surface area contributed by atoms with Gasteiger partial charge in [-0.1, -0.05) is 24.6 Å². The first-order valence-electron chi connectivity index (χ1n) is 6.69. The summed E-state index contributed by atoms with van der Waals surface area (Å²) >= 11 is 0. The predicted octanol–water partition coefficient (Wildman–Crippen LogP) is 2.77. The summed E-state index contributed by atoms with van der Waals surface area (Å²) in [6, 6.07) is 7.14. The highest BCUT2D eigenvalue weighted by atomic mass is 19.1. The van der Waals surface area contributed by atoms with Crippen LogP contribution in [0, 0.1) is 11.2 Å². The molecule has 0 saturated heterocycles. The molecule has 0 atom stereocenters. The van der Waals surface area contributed by atoms with Crippen molar-refractivity contribution in [3.05, 3.63) is 35.6 Å². The molecule has 100 valence electrons. The van der Waals surface area contributed by atoms with E-state index in [0.29, 0.717) is 0 Å². The molecule has 0 bridgehead atoms. The molecule has 18 heavy (non-hydrogen) atoms. The predicted molar refractivity (Wildman–Crippen MR) is 71.1 cm³/mol. The minimum absolute atomic E-state index is 0.0688. The fraction of sp³-hybridized carbons (Fsp3) is 0.600. The quantitative estimate of drug-likeness (QED) is 0.752. The first-order chi connectivity index (χ1) is 8.76. The summed E-state index contributed by atoms with van der Waals surface area (Å²) in [7, 11) is 1.71. The minimum Gasteiger partial charge on any atom is -0.383 e. The van der Waals surface area contributed by atoms with Gasteiger partial charge in [-0.05, 0) is 36.3 Å². The molecule has 1 aromatic carbocycles. The van der Waals surface area contributed by atoms with Gasteiger partial charge in [-0.15, -0.1) is 0 Å². The lowest BCUT2D eigenvalue weighted by Crippen LogP contribution is -2.42. The Kier molecular flexibility index (Phi) is 4.72. The van der Waals surface area contributed by atoms with Crippen molar-refractivity contribution >= 4 is 0 Å². The van der Waals surface area contributed by atoms with Crippen molar-refractivity contribution < 1.29 is 9.13 Å². The highest BCUT2D eigenvalue weighted by Gasteiger charge is 2.36. The van der Waals surface area contributed by atoms with E-state index >= 15 is 0 Å². The fourth-order valence-electron chi connectivity index (χ4n) is 2.67. The Hall–Kier alpha value is -0.930. The van der Waals surface area contributed by atoms with E-state index in [2.05, 4.69) is 5.32 Å². The molecular weight excluding hydrogens is 229 g/mol. The van der Waals surface area contributed by atoms with Gasteiger partial charge in [-0.25, -0.2) is 4.39 Å². The largest absolute Gasteiger partial charge is 0.383 e. The van der Waals surface area contributed by atoms with Crippen molar-refractivity contribution in [2.24, 2.45) is 5.41 Å². The van der Waals surface area contributed by atoms with E-state index < -0.39 is 0 Å². The van der Waals surface area contributed by atoms with Gasteiger partial charge in [0, 0.05) is 20.2 Å². The van der Waals surface area contributed by atoms with Crippen molar-refractivity contribution in [3.8, 4) is 0 Å². The number of hydrogen-bond acceptors (Lipinski definition) is 2. The van der Waals surface area contributed by atoms with Crippen molar-refractivity contribution in [1.82, 2.24) is 5.32 Å². The number of halogens is 1. The number of nitrogens with one attached hydrogen (secondary N) is 1. The average Bonchev–Trinajstić information content (AvgIpc) is 2.33. The molecule has 1 fully saturated rings. The summed E-state index contributed by atoms with van der Waals surface area (Å²) in [4.78, 5) is 0. The van der Waals surface area contributed by atoms with E-state index in [1.807, 2.05) is 12.1 Å². The average molecular weight is 251 g/mol. The number of hydrogen-bond donors (Lipinski definition) is 1. The second-order valence-electron chi connectivity index (χ2n) is 5.29. The fourth-order valence-corrected chi connectivity index (χ4v) is 2.67. The summed E-state index contributed by atoms with van der Waals surface area (Å²) < 4.78 is 18.7. The summed E-state index contributed by atoms with van der Waals surface area (Å²) in [5, 5.41) is 3.42. The molecule has 2 rings (SSSR count). The van der Waals surface area contributed by atoms with Crippen LogP contribution in [0.5, 0.6) is 0 Å². The molecule has 0 unspecified atom stereocenters. The lowest BCUT2D eigenvalue weighted by atomic mass is 9.65. The summed E-state index contributed by atoms with van der Waals surface area (Å²) in [6.45, 7) is 2.57. The van der Waals surface area contributed by atoms with Gasteiger partial charge in [0.25, 0.3) is 0 Å². The maximum atomic E-state index is 13.7. The molecule has 0 radical (unpaired) electrons. The number of benzene rings is 1. The van der Waals surface area contributed by atoms with Crippen molar-refractivity contribution in [1.29, 1.82) is 0 Å². The Labute approximate surface area is 109 Å². The van der Waals surface area contributed by atoms with Gasteiger partial charge < -0.3 is 10.1 Å². The van der Waals surface area contributed by atoms with Crippen molar-refractivity contribution in [2.75, 3.05) is 26.8 Å². The highest BCUT2D eigenvalue weighted by molar-refractivity contribution is 5.20. The zero-order valence-electron chi connectivity index (χ0n) is 11.0. The van der Waals surface area contributed by atoms with E-state index in [1.54, 1.807) is 19.2 Å². The van der Waals surface area contributed by atoms with Crippen LogP contribution in [-0.4, -0.2) is 26.8 Å². The first kappa shape index (κ1) is 13.5. The molecule has 3 heteroatoms. The normalized spacial score (nSPS) is 17.4. The Morgan fingerprint density at radius 1 is 1.33 bits per heavy atom. The first-order valence-corrected chi connectivity index (χ1v) is 6.69. The van der Waals surface area contributed by atoms with Crippen LogP contribution in [0.25, 0.3) is 0 Å². The van der Waals surface area contributed by atoms with Crippen LogP contribution in [0.2, 0.25) is 0 Å². The molecule has 0 aromatic heterocycles. The Bertz CT molecular complexity index is 377. The molecule has 1 aliphatic rings. The maximum Gasteiger partial charge on any atom is 0.126 e. The van der Waals surface area contributed by atoms with Crippen molar-refractivity contribution in [3.63, 3.8) is 0 Å². The number of rotatable bonds is 7. The second kappa shape index (κ2) is 6.30. The Morgan fingerprint density at radius 2 is 2.11 bits per heavy atom. The Balaban J connectivity index is 1.90. The topological polar surface area (TPSA) is 21.3 Å². The van der Waals surface area contributed by atoms with Crippen LogP contribution < -0.4 is 5.32 Å². The van der Waals surface area contributed by atoms with E-state index in [4.69, 9.17) is 4.74 Å². The maximum absolute atomic E-state index is 13.7. The monoisotopic (exact) mass is 251 g/mol. The number of methoxy groups -OCH3 is 1. The standard InChI is InChI=1S/C15H22FNO/c1-18-10-9-17-12-15(7-4-8-15)11-13-5-2-3-6-14(13)16/h2-3,5-6,17H,4,7-12H2,1H3. The number of ether oxygens (including phenoxy) is 1. The molecule has 0 amide bonds. The van der Waals surface area contributed by atoms with Crippen LogP contribution in [0.15, 0.2) is 24.3 Å². The zero-order valence-corrected chi connectivity index (χ0v) is 11.0. The molecule has 1 aromatic rings. The second-order valence-corrected chi connectivity index (χ2v) is 5.29. The molecule has 2 nitrogen and oxygen atoms in total. The summed E-state index contributed by atoms with van der Waals surface area (Å²) in [6.07, 6.45) is 4.50. The van der Waals surface area contributed by atoms with Crippen LogP contribution >= 0.6 is 0 Å².